The van der Waals surface area contributed by atoms with Crippen molar-refractivity contribution in [1.82, 2.24) is 0 Å². The van der Waals surface area contributed by atoms with Gasteiger partial charge in [-0.05, 0) is 88.5 Å². The Balaban J connectivity index is 1.05. The first-order chi connectivity index (χ1) is 31.2. The van der Waals surface area contributed by atoms with Gasteiger partial charge in [0.1, 0.15) is 23.0 Å². The van der Waals surface area contributed by atoms with Gasteiger partial charge >= 0.3 is 25.8 Å². The molecule has 12 nitrogen and oxygen atoms in total. The molecule has 0 spiro atoms. The van der Waals surface area contributed by atoms with Crippen LogP contribution in [0, 0.1) is 0 Å². The quantitative estimate of drug-likeness (QED) is 0.0383. The van der Waals surface area contributed by atoms with Crippen molar-refractivity contribution in [2.24, 2.45) is 0 Å². The SMILES string of the molecule is CC(COCC(C)OP(Oc1ccccc1)OC(C)COCC(C)OP(Oc1ccccc1)OC(C)COCC(C)Pc1ccccc1)OP(Oc1ccccc1)Oc1ccccc1. The van der Waals surface area contributed by atoms with Crippen molar-refractivity contribution in [2.45, 2.75) is 77.7 Å². The third kappa shape index (κ3) is 21.8. The van der Waals surface area contributed by atoms with Crippen LogP contribution in [0.15, 0.2) is 152 Å². The first kappa shape index (κ1) is 51.7. The number of hydrogen-bond acceptors (Lipinski definition) is 12. The Morgan fingerprint density at radius 3 is 0.891 bits per heavy atom. The van der Waals surface area contributed by atoms with E-state index in [1.54, 1.807) is 0 Å². The van der Waals surface area contributed by atoms with E-state index in [9.17, 15) is 0 Å². The van der Waals surface area contributed by atoms with Crippen molar-refractivity contribution in [2.75, 3.05) is 39.6 Å². The van der Waals surface area contributed by atoms with Gasteiger partial charge in [-0.2, -0.15) is 0 Å². The van der Waals surface area contributed by atoms with Crippen molar-refractivity contribution in [3.05, 3.63) is 152 Å². The fourth-order valence-electron chi connectivity index (χ4n) is 5.43. The van der Waals surface area contributed by atoms with E-state index in [1.165, 1.54) is 5.30 Å². The lowest BCUT2D eigenvalue weighted by Crippen LogP contribution is -2.24. The van der Waals surface area contributed by atoms with Crippen molar-refractivity contribution < 1.29 is 54.9 Å². The molecular weight excluding hydrogens is 892 g/mol. The number of benzene rings is 5. The highest BCUT2D eigenvalue weighted by Crippen LogP contribution is 2.45. The van der Waals surface area contributed by atoms with Crippen molar-refractivity contribution >= 4 is 39.7 Å². The molecule has 0 radical (unpaired) electrons. The molecule has 9 unspecified atom stereocenters. The minimum Gasteiger partial charge on any atom is -0.427 e. The van der Waals surface area contributed by atoms with Gasteiger partial charge in [-0.1, -0.05) is 119 Å². The van der Waals surface area contributed by atoms with Crippen molar-refractivity contribution in [3.63, 3.8) is 0 Å². The average molecular weight is 955 g/mol. The van der Waals surface area contributed by atoms with Crippen LogP contribution in [0.2, 0.25) is 0 Å². The summed E-state index contributed by atoms with van der Waals surface area (Å²) in [5.41, 5.74) is 0.393. The highest BCUT2D eigenvalue weighted by molar-refractivity contribution is 7.48. The number of rotatable bonds is 32. The molecule has 0 saturated heterocycles. The predicted molar refractivity (Wildman–Crippen MR) is 258 cm³/mol. The minimum absolute atomic E-state index is 0.260. The normalized spacial score (nSPS) is 15.5. The molecule has 0 amide bonds. The van der Waals surface area contributed by atoms with E-state index in [-0.39, 0.29) is 56.9 Å². The predicted octanol–water partition coefficient (Wildman–Crippen LogP) is 12.5. The second-order valence-electron chi connectivity index (χ2n) is 14.9. The zero-order valence-electron chi connectivity index (χ0n) is 37.4. The summed E-state index contributed by atoms with van der Waals surface area (Å²) in [5.74, 6) is 2.57. The highest BCUT2D eigenvalue weighted by Gasteiger charge is 2.26. The molecule has 0 saturated carbocycles. The molecule has 0 aliphatic heterocycles. The maximum atomic E-state index is 6.29. The Bertz CT molecular complexity index is 1870. The number of hydrogen-bond donors (Lipinski definition) is 0. The monoisotopic (exact) mass is 954 g/mol. The maximum Gasteiger partial charge on any atom is 0.463 e. The van der Waals surface area contributed by atoms with Gasteiger partial charge in [0, 0.05) is 5.66 Å². The molecule has 0 N–H and O–H groups in total. The van der Waals surface area contributed by atoms with Gasteiger partial charge in [0.25, 0.3) is 0 Å². The van der Waals surface area contributed by atoms with Crippen LogP contribution in [0.3, 0.4) is 0 Å². The zero-order chi connectivity index (χ0) is 45.2. The van der Waals surface area contributed by atoms with Gasteiger partial charge in [-0.3, -0.25) is 22.6 Å². The van der Waals surface area contributed by atoms with Crippen LogP contribution >= 0.6 is 34.4 Å². The van der Waals surface area contributed by atoms with E-state index in [2.05, 4.69) is 31.2 Å². The van der Waals surface area contributed by atoms with Crippen LogP contribution in [0.25, 0.3) is 0 Å². The summed E-state index contributed by atoms with van der Waals surface area (Å²) in [4.78, 5) is 0. The van der Waals surface area contributed by atoms with Gasteiger partial charge in [0.15, 0.2) is 0 Å². The molecule has 346 valence electrons. The van der Waals surface area contributed by atoms with Gasteiger partial charge in [-0.15, -0.1) is 0 Å². The standard InChI is InChI=1S/C48H62O12P4/c1-38(32-49-33-39(2)54-63(58-45-24-14-8-15-25-45)55-42(5)36-51-37-43(6)61-48-30-20-11-21-31-48)52-62(57-44-22-12-7-13-23-44)53-40(3)34-50-35-41(4)56-64(59-46-26-16-9-17-27-46)60-47-28-18-10-19-29-47/h7-31,38-43,61H,32-37H2,1-6H3. The van der Waals surface area contributed by atoms with Gasteiger partial charge in [0.2, 0.25) is 0 Å². The molecule has 5 aromatic rings. The molecular formula is C48H62O12P4. The lowest BCUT2D eigenvalue weighted by atomic mass is 10.3. The Morgan fingerprint density at radius 1 is 0.328 bits per heavy atom. The van der Waals surface area contributed by atoms with Crippen LogP contribution < -0.4 is 23.4 Å². The first-order valence-corrected chi connectivity index (χ1v) is 25.7. The molecule has 5 rings (SSSR count). The van der Waals surface area contributed by atoms with Gasteiger partial charge in [-0.25, -0.2) is 0 Å². The molecule has 64 heavy (non-hydrogen) atoms. The Kier molecular flexibility index (Phi) is 24.3. The van der Waals surface area contributed by atoms with Crippen LogP contribution in [0.1, 0.15) is 41.5 Å². The first-order valence-electron chi connectivity index (χ1n) is 21.4. The molecule has 0 aliphatic carbocycles. The van der Waals surface area contributed by atoms with Crippen LogP contribution in [0.5, 0.6) is 23.0 Å². The second kappa shape index (κ2) is 30.1. The molecule has 0 aromatic heterocycles. The summed E-state index contributed by atoms with van der Waals surface area (Å²) in [7, 11) is -4.69. The summed E-state index contributed by atoms with van der Waals surface area (Å²) >= 11 is 0. The molecule has 16 heteroatoms. The van der Waals surface area contributed by atoms with Gasteiger partial charge < -0.3 is 32.3 Å². The largest absolute Gasteiger partial charge is 0.463 e. The van der Waals surface area contributed by atoms with E-state index in [0.29, 0.717) is 50.5 Å². The fourth-order valence-corrected chi connectivity index (χ4v) is 9.92. The molecule has 5 aromatic carbocycles. The molecule has 0 heterocycles. The lowest BCUT2D eigenvalue weighted by molar-refractivity contribution is -0.00733. The number of para-hydroxylation sites is 4. The molecule has 9 atom stereocenters. The maximum absolute atomic E-state index is 6.29. The third-order valence-corrected chi connectivity index (χ3v) is 13.8. The van der Waals surface area contributed by atoms with Crippen LogP contribution in [-0.2, 0) is 36.8 Å². The zero-order valence-corrected chi connectivity index (χ0v) is 41.1. The van der Waals surface area contributed by atoms with E-state index in [0.717, 1.165) is 0 Å². The summed E-state index contributed by atoms with van der Waals surface area (Å²) in [6.07, 6.45) is -1.71. The summed E-state index contributed by atoms with van der Waals surface area (Å²) < 4.78 is 73.9. The van der Waals surface area contributed by atoms with E-state index in [4.69, 9.17) is 54.9 Å². The smallest absolute Gasteiger partial charge is 0.427 e. The van der Waals surface area contributed by atoms with Crippen molar-refractivity contribution in [1.29, 1.82) is 0 Å². The van der Waals surface area contributed by atoms with Crippen LogP contribution in [-0.4, -0.2) is 75.8 Å². The third-order valence-electron chi connectivity index (χ3n) is 8.34. The minimum atomic E-state index is -1.83. The topological polar surface area (TPSA) is 111 Å². The van der Waals surface area contributed by atoms with Crippen molar-refractivity contribution in [3.8, 4) is 23.0 Å². The fraction of sp³-hybridized carbons (Fsp3) is 0.375. The van der Waals surface area contributed by atoms with Gasteiger partial charge in [0.05, 0.1) is 70.2 Å². The summed E-state index contributed by atoms with van der Waals surface area (Å²) in [6, 6.07) is 48.3. The lowest BCUT2D eigenvalue weighted by Gasteiger charge is -2.25. The summed E-state index contributed by atoms with van der Waals surface area (Å²) in [6.45, 7) is 13.9. The number of ether oxygens (including phenoxy) is 3. The van der Waals surface area contributed by atoms with E-state index < -0.39 is 25.8 Å². The second-order valence-corrected chi connectivity index (χ2v) is 19.9. The Morgan fingerprint density at radius 2 is 0.578 bits per heavy atom. The Labute approximate surface area is 385 Å². The Hall–Kier alpha value is -3.30. The molecule has 0 aliphatic rings. The molecule has 0 bridgehead atoms. The average Bonchev–Trinajstić information content (AvgIpc) is 3.28. The summed E-state index contributed by atoms with van der Waals surface area (Å²) in [5, 5.41) is 1.32. The van der Waals surface area contributed by atoms with Crippen LogP contribution in [0.4, 0.5) is 0 Å². The molecule has 0 fully saturated rings. The van der Waals surface area contributed by atoms with E-state index >= 15 is 0 Å². The van der Waals surface area contributed by atoms with E-state index in [1.807, 2.05) is 162 Å². The highest BCUT2D eigenvalue weighted by atomic mass is 31.2.